The summed E-state index contributed by atoms with van der Waals surface area (Å²) < 4.78 is 34.3. The molecule has 0 aromatic heterocycles. The van der Waals surface area contributed by atoms with Gasteiger partial charge in [-0.05, 0) is 35.8 Å². The molecule has 2 rings (SSSR count). The van der Waals surface area contributed by atoms with E-state index in [4.69, 9.17) is 16.3 Å². The number of hydrogen-bond donors (Lipinski definition) is 1. The lowest BCUT2D eigenvalue weighted by molar-refractivity contribution is -0.117. The summed E-state index contributed by atoms with van der Waals surface area (Å²) in [7, 11) is 1.26. The van der Waals surface area contributed by atoms with Gasteiger partial charge in [-0.25, -0.2) is 0 Å². The molecule has 0 aliphatic rings. The minimum absolute atomic E-state index is 0.0409. The molecule has 0 aliphatic carbocycles. The monoisotopic (exact) mass is 406 g/mol. The third kappa shape index (κ3) is 5.96. The highest BCUT2D eigenvalue weighted by atomic mass is 35.5. The highest BCUT2D eigenvalue weighted by Crippen LogP contribution is 2.37. The van der Waals surface area contributed by atoms with Crippen molar-refractivity contribution in [3.63, 3.8) is 0 Å². The number of ether oxygens (including phenoxy) is 2. The number of amides is 1. The van der Waals surface area contributed by atoms with Crippen LogP contribution in [-0.2, 0) is 11.2 Å². The maximum Gasteiger partial charge on any atom is 0.387 e. The van der Waals surface area contributed by atoms with Gasteiger partial charge in [-0.2, -0.15) is 14.0 Å². The lowest BCUT2D eigenvalue weighted by Crippen LogP contribution is -2.26. The topological polar surface area (TPSA) is 71.3 Å². The fourth-order valence-corrected chi connectivity index (χ4v) is 2.67. The first-order valence-electron chi connectivity index (χ1n) is 8.21. The molecule has 28 heavy (non-hydrogen) atoms. The van der Waals surface area contributed by atoms with Crippen molar-refractivity contribution in [1.82, 2.24) is 5.32 Å². The zero-order valence-electron chi connectivity index (χ0n) is 14.9. The van der Waals surface area contributed by atoms with Crippen LogP contribution in [0, 0.1) is 11.3 Å². The van der Waals surface area contributed by atoms with Gasteiger partial charge in [0.2, 0.25) is 0 Å². The lowest BCUT2D eigenvalue weighted by atomic mass is 10.1. The second-order valence-electron chi connectivity index (χ2n) is 5.57. The summed E-state index contributed by atoms with van der Waals surface area (Å²) >= 11 is 5.96. The van der Waals surface area contributed by atoms with Gasteiger partial charge in [0.05, 0.1) is 12.1 Å². The summed E-state index contributed by atoms with van der Waals surface area (Å²) in [5.41, 5.74) is 1.23. The Bertz CT molecular complexity index is 896. The average molecular weight is 407 g/mol. The summed E-state index contributed by atoms with van der Waals surface area (Å²) in [4.78, 5) is 12.2. The number of nitriles is 1. The first-order valence-corrected chi connectivity index (χ1v) is 8.58. The molecule has 0 unspecified atom stereocenters. The van der Waals surface area contributed by atoms with E-state index in [1.807, 2.05) is 36.4 Å². The number of halogens is 3. The van der Waals surface area contributed by atoms with Crippen LogP contribution in [0.25, 0.3) is 6.08 Å². The van der Waals surface area contributed by atoms with Gasteiger partial charge < -0.3 is 14.8 Å². The molecule has 0 saturated heterocycles. The van der Waals surface area contributed by atoms with E-state index in [1.165, 1.54) is 25.3 Å². The van der Waals surface area contributed by atoms with Gasteiger partial charge in [0.25, 0.3) is 5.91 Å². The van der Waals surface area contributed by atoms with Crippen molar-refractivity contribution >= 4 is 23.6 Å². The predicted octanol–water partition coefficient (Wildman–Crippen LogP) is 4.22. The maximum absolute atomic E-state index is 12.5. The van der Waals surface area contributed by atoms with E-state index in [0.29, 0.717) is 18.5 Å². The van der Waals surface area contributed by atoms with Crippen molar-refractivity contribution in [2.75, 3.05) is 13.7 Å². The summed E-state index contributed by atoms with van der Waals surface area (Å²) in [6.45, 7) is -2.72. The van der Waals surface area contributed by atoms with Gasteiger partial charge in [-0.3, -0.25) is 4.79 Å². The van der Waals surface area contributed by atoms with Crippen molar-refractivity contribution in [2.24, 2.45) is 0 Å². The molecule has 0 fully saturated rings. The molecular formula is C20H17ClF2N2O3. The Morgan fingerprint density at radius 2 is 2.04 bits per heavy atom. The molecule has 0 saturated carbocycles. The number of hydrogen-bond acceptors (Lipinski definition) is 4. The van der Waals surface area contributed by atoms with Gasteiger partial charge in [0, 0.05) is 6.54 Å². The average Bonchev–Trinajstić information content (AvgIpc) is 2.68. The Morgan fingerprint density at radius 3 is 2.64 bits per heavy atom. The van der Waals surface area contributed by atoms with Crippen LogP contribution in [0.1, 0.15) is 11.1 Å². The Morgan fingerprint density at radius 1 is 1.32 bits per heavy atom. The molecule has 0 spiro atoms. The SMILES string of the molecule is COc1cc(/C=C(\C#N)C(=O)NCCc2ccccc2)cc(Cl)c1OC(F)F. The quantitative estimate of drug-likeness (QED) is 0.526. The molecule has 1 N–H and O–H groups in total. The number of carbonyl (C=O) groups is 1. The summed E-state index contributed by atoms with van der Waals surface area (Å²) in [6, 6.07) is 14.0. The first kappa shape index (κ1) is 21.2. The van der Waals surface area contributed by atoms with Crippen molar-refractivity contribution in [1.29, 1.82) is 5.26 Å². The van der Waals surface area contributed by atoms with E-state index in [0.717, 1.165) is 5.56 Å². The van der Waals surface area contributed by atoms with Crippen molar-refractivity contribution in [2.45, 2.75) is 13.0 Å². The minimum atomic E-state index is -3.07. The zero-order chi connectivity index (χ0) is 20.5. The summed E-state index contributed by atoms with van der Waals surface area (Å²) in [5.74, 6) is -0.913. The fourth-order valence-electron chi connectivity index (χ4n) is 2.40. The van der Waals surface area contributed by atoms with E-state index in [2.05, 4.69) is 10.1 Å². The number of nitrogens with one attached hydrogen (secondary N) is 1. The van der Waals surface area contributed by atoms with E-state index >= 15 is 0 Å². The second-order valence-corrected chi connectivity index (χ2v) is 5.98. The van der Waals surface area contributed by atoms with Crippen LogP contribution < -0.4 is 14.8 Å². The summed E-state index contributed by atoms with van der Waals surface area (Å²) in [5, 5.41) is 11.8. The van der Waals surface area contributed by atoms with Crippen LogP contribution >= 0.6 is 11.6 Å². The van der Waals surface area contributed by atoms with E-state index in [9.17, 15) is 18.8 Å². The van der Waals surface area contributed by atoms with E-state index in [1.54, 1.807) is 0 Å². The van der Waals surface area contributed by atoms with Gasteiger partial charge in [0.15, 0.2) is 11.5 Å². The molecule has 0 radical (unpaired) electrons. The molecular weight excluding hydrogens is 390 g/mol. The molecule has 0 atom stereocenters. The molecule has 0 heterocycles. The van der Waals surface area contributed by atoms with Crippen molar-refractivity contribution in [3.8, 4) is 17.6 Å². The number of alkyl halides is 2. The Balaban J connectivity index is 2.13. The van der Waals surface area contributed by atoms with Crippen LogP contribution in [0.5, 0.6) is 11.5 Å². The highest BCUT2D eigenvalue weighted by Gasteiger charge is 2.17. The normalized spacial score (nSPS) is 11.1. The van der Waals surface area contributed by atoms with Gasteiger partial charge >= 0.3 is 6.61 Å². The largest absolute Gasteiger partial charge is 0.493 e. The maximum atomic E-state index is 12.5. The molecule has 0 bridgehead atoms. The standard InChI is InChI=1S/C20H17ClF2N2O3/c1-27-17-11-14(10-16(21)18(17)28-20(22)23)9-15(12-24)19(26)25-8-7-13-5-3-2-4-6-13/h2-6,9-11,20H,7-8H2,1H3,(H,25,26)/b15-9+. The molecule has 2 aromatic carbocycles. The molecule has 2 aromatic rings. The number of rotatable bonds is 8. The molecule has 0 aliphatic heterocycles. The van der Waals surface area contributed by atoms with Crippen molar-refractivity contribution < 1.29 is 23.0 Å². The third-order valence-electron chi connectivity index (χ3n) is 3.68. The van der Waals surface area contributed by atoms with Gasteiger partial charge in [0.1, 0.15) is 11.6 Å². The Hall–Kier alpha value is -3.11. The number of carbonyl (C=O) groups excluding carboxylic acids is 1. The highest BCUT2D eigenvalue weighted by molar-refractivity contribution is 6.32. The smallest absolute Gasteiger partial charge is 0.387 e. The molecule has 1 amide bonds. The lowest BCUT2D eigenvalue weighted by Gasteiger charge is -2.12. The molecule has 146 valence electrons. The van der Waals surface area contributed by atoms with Crippen molar-refractivity contribution in [3.05, 3.63) is 64.2 Å². The molecule has 8 heteroatoms. The minimum Gasteiger partial charge on any atom is -0.493 e. The Labute approximate surface area is 166 Å². The van der Waals surface area contributed by atoms with Crippen LogP contribution in [0.2, 0.25) is 5.02 Å². The van der Waals surface area contributed by atoms with E-state index in [-0.39, 0.29) is 22.1 Å². The van der Waals surface area contributed by atoms with Crippen LogP contribution in [-0.4, -0.2) is 26.2 Å². The fraction of sp³-hybridized carbons (Fsp3) is 0.200. The molecule has 5 nitrogen and oxygen atoms in total. The van der Waals surface area contributed by atoms with Gasteiger partial charge in [-0.15, -0.1) is 0 Å². The number of methoxy groups -OCH3 is 1. The number of benzene rings is 2. The Kier molecular flexibility index (Phi) is 7.78. The van der Waals surface area contributed by atoms with Crippen LogP contribution in [0.3, 0.4) is 0 Å². The third-order valence-corrected chi connectivity index (χ3v) is 3.96. The van der Waals surface area contributed by atoms with Crippen LogP contribution in [0.15, 0.2) is 48.0 Å². The second kappa shape index (κ2) is 10.3. The summed E-state index contributed by atoms with van der Waals surface area (Å²) in [6.07, 6.45) is 1.91. The number of nitrogens with zero attached hydrogens (tertiary/aromatic N) is 1. The zero-order valence-corrected chi connectivity index (χ0v) is 15.7. The van der Waals surface area contributed by atoms with Gasteiger partial charge in [-0.1, -0.05) is 41.9 Å². The van der Waals surface area contributed by atoms with Crippen LogP contribution in [0.4, 0.5) is 8.78 Å². The van der Waals surface area contributed by atoms with E-state index < -0.39 is 12.5 Å². The first-order chi connectivity index (χ1) is 13.4. The predicted molar refractivity (Wildman–Crippen MR) is 101 cm³/mol.